The second-order valence-electron chi connectivity index (χ2n) is 7.78. The molecule has 4 aromatic rings. The van der Waals surface area contributed by atoms with Gasteiger partial charge in [0.1, 0.15) is 10.8 Å². The van der Waals surface area contributed by atoms with Crippen LogP contribution in [-0.4, -0.2) is 36.1 Å². The molecule has 1 atom stereocenters. The van der Waals surface area contributed by atoms with Crippen molar-refractivity contribution in [1.29, 1.82) is 0 Å². The molecule has 0 aliphatic heterocycles. The molecule has 2 aromatic heterocycles. The van der Waals surface area contributed by atoms with Gasteiger partial charge in [-0.2, -0.15) is 0 Å². The van der Waals surface area contributed by atoms with E-state index in [9.17, 15) is 4.79 Å². The van der Waals surface area contributed by atoms with Crippen molar-refractivity contribution < 1.29 is 4.79 Å². The zero-order chi connectivity index (χ0) is 23.9. The molecule has 10 heteroatoms. The first-order valence-corrected chi connectivity index (χ1v) is 13.7. The summed E-state index contributed by atoms with van der Waals surface area (Å²) in [6, 6.07) is 20.2. The van der Waals surface area contributed by atoms with Crippen molar-refractivity contribution in [2.75, 3.05) is 5.32 Å². The fourth-order valence-electron chi connectivity index (χ4n) is 3.12. The van der Waals surface area contributed by atoms with Crippen LogP contribution in [0.5, 0.6) is 0 Å². The van der Waals surface area contributed by atoms with E-state index in [-0.39, 0.29) is 17.1 Å². The highest BCUT2D eigenvalue weighted by Gasteiger charge is 2.24. The first-order chi connectivity index (χ1) is 16.5. The summed E-state index contributed by atoms with van der Waals surface area (Å²) < 4.78 is 2.04. The minimum absolute atomic E-state index is 0.109. The first-order valence-electron chi connectivity index (χ1n) is 11.0. The van der Waals surface area contributed by atoms with Crippen LogP contribution in [0.4, 0.5) is 5.13 Å². The van der Waals surface area contributed by atoms with Crippen molar-refractivity contribution in [2.45, 2.75) is 54.2 Å². The third-order valence-electron chi connectivity index (χ3n) is 4.90. The highest BCUT2D eigenvalue weighted by molar-refractivity contribution is 8.00. The zero-order valence-electron chi connectivity index (χ0n) is 19.2. The molecule has 1 N–H and O–H groups in total. The maximum absolute atomic E-state index is 13.0. The Kier molecular flexibility index (Phi) is 8.36. The number of carbonyl (C=O) groups excluding carboxylic acids is 1. The lowest BCUT2D eigenvalue weighted by Gasteiger charge is -2.15. The molecular formula is C24H26N6OS3. The number of hydrogen-bond acceptors (Lipinski definition) is 8. The molecule has 0 spiro atoms. The van der Waals surface area contributed by atoms with Crippen LogP contribution in [0.3, 0.4) is 0 Å². The van der Waals surface area contributed by atoms with Crippen LogP contribution in [0.25, 0.3) is 5.69 Å². The smallest absolute Gasteiger partial charge is 0.239 e. The lowest BCUT2D eigenvalue weighted by molar-refractivity contribution is -0.115. The predicted molar refractivity (Wildman–Crippen MR) is 140 cm³/mol. The summed E-state index contributed by atoms with van der Waals surface area (Å²) in [6.45, 7) is 6.11. The number of amides is 1. The number of aromatic nitrogens is 5. The molecule has 0 aliphatic rings. The SMILES string of the molecule is CCC(Sc1nnc(CSc2ccccc2)n1-c1ccccc1)C(=O)Nc1nnc(C(C)C)s1. The van der Waals surface area contributed by atoms with Crippen LogP contribution >= 0.6 is 34.9 Å². The number of thioether (sulfide) groups is 2. The van der Waals surface area contributed by atoms with Gasteiger partial charge >= 0.3 is 0 Å². The van der Waals surface area contributed by atoms with E-state index in [1.165, 1.54) is 28.0 Å². The molecule has 34 heavy (non-hydrogen) atoms. The van der Waals surface area contributed by atoms with Crippen molar-refractivity contribution in [1.82, 2.24) is 25.0 Å². The summed E-state index contributed by atoms with van der Waals surface area (Å²) in [5.74, 6) is 1.67. The maximum atomic E-state index is 13.0. The average Bonchev–Trinajstić information content (AvgIpc) is 3.49. The molecule has 1 amide bonds. The van der Waals surface area contributed by atoms with Gasteiger partial charge < -0.3 is 0 Å². The standard InChI is InChI=1S/C24H26N6OS3/c1-4-19(21(31)25-23-28-27-22(34-23)16(2)3)33-24-29-26-20(15-32-18-13-9-6-10-14-18)30(24)17-11-7-5-8-12-17/h5-14,16,19H,4,15H2,1-3H3,(H,25,28,31). The molecule has 0 radical (unpaired) electrons. The van der Waals surface area contributed by atoms with Crippen LogP contribution in [-0.2, 0) is 10.5 Å². The number of rotatable bonds is 10. The van der Waals surface area contributed by atoms with E-state index in [4.69, 9.17) is 0 Å². The number of nitrogens with one attached hydrogen (secondary N) is 1. The van der Waals surface area contributed by atoms with Crippen molar-refractivity contribution in [3.05, 3.63) is 71.5 Å². The molecule has 7 nitrogen and oxygen atoms in total. The Labute approximate surface area is 211 Å². The minimum atomic E-state index is -0.340. The van der Waals surface area contributed by atoms with E-state index >= 15 is 0 Å². The Morgan fingerprint density at radius 1 is 1.00 bits per heavy atom. The Morgan fingerprint density at radius 2 is 1.71 bits per heavy atom. The number of carbonyl (C=O) groups is 1. The summed E-state index contributed by atoms with van der Waals surface area (Å²) in [5, 5.41) is 21.9. The average molecular weight is 511 g/mol. The fraction of sp³-hybridized carbons (Fsp3) is 0.292. The van der Waals surface area contributed by atoms with Crippen LogP contribution in [0.2, 0.25) is 0 Å². The molecule has 4 rings (SSSR count). The zero-order valence-corrected chi connectivity index (χ0v) is 21.7. The third-order valence-corrected chi connectivity index (χ3v) is 8.36. The highest BCUT2D eigenvalue weighted by Crippen LogP contribution is 2.31. The van der Waals surface area contributed by atoms with Crippen LogP contribution in [0, 0.1) is 0 Å². The van der Waals surface area contributed by atoms with Gasteiger partial charge in [-0.05, 0) is 30.7 Å². The van der Waals surface area contributed by atoms with Gasteiger partial charge in [-0.15, -0.1) is 32.2 Å². The molecule has 0 saturated heterocycles. The van der Waals surface area contributed by atoms with Gasteiger partial charge in [-0.3, -0.25) is 14.7 Å². The molecule has 176 valence electrons. The van der Waals surface area contributed by atoms with Crippen molar-refractivity contribution in [2.24, 2.45) is 0 Å². The quantitative estimate of drug-likeness (QED) is 0.260. The van der Waals surface area contributed by atoms with Gasteiger partial charge in [-0.1, -0.05) is 80.3 Å². The van der Waals surface area contributed by atoms with E-state index in [1.807, 2.05) is 60.0 Å². The molecule has 2 aromatic carbocycles. The van der Waals surface area contributed by atoms with E-state index in [2.05, 4.69) is 51.7 Å². The highest BCUT2D eigenvalue weighted by atomic mass is 32.2. The lowest BCUT2D eigenvalue weighted by Crippen LogP contribution is -2.25. The number of para-hydroxylation sites is 1. The normalized spacial score (nSPS) is 12.1. The van der Waals surface area contributed by atoms with Gasteiger partial charge in [-0.25, -0.2) is 0 Å². The van der Waals surface area contributed by atoms with Crippen LogP contribution in [0.15, 0.2) is 70.7 Å². The summed E-state index contributed by atoms with van der Waals surface area (Å²) >= 11 is 4.54. The molecule has 0 saturated carbocycles. The maximum Gasteiger partial charge on any atom is 0.239 e. The predicted octanol–water partition coefficient (Wildman–Crippen LogP) is 6.04. The largest absolute Gasteiger partial charge is 0.300 e. The van der Waals surface area contributed by atoms with E-state index in [0.717, 1.165) is 16.5 Å². The van der Waals surface area contributed by atoms with E-state index < -0.39 is 0 Å². The molecule has 0 fully saturated rings. The topological polar surface area (TPSA) is 85.6 Å². The Hall–Kier alpha value is -2.69. The van der Waals surface area contributed by atoms with Gasteiger partial charge in [0.05, 0.1) is 11.0 Å². The van der Waals surface area contributed by atoms with Crippen molar-refractivity contribution in [3.8, 4) is 5.69 Å². The lowest BCUT2D eigenvalue weighted by atomic mass is 10.2. The van der Waals surface area contributed by atoms with Crippen LogP contribution < -0.4 is 5.32 Å². The van der Waals surface area contributed by atoms with Gasteiger partial charge in [0.25, 0.3) is 0 Å². The molecule has 1 unspecified atom stereocenters. The summed E-state index contributed by atoms with van der Waals surface area (Å²) in [7, 11) is 0. The van der Waals surface area contributed by atoms with E-state index in [0.29, 0.717) is 22.5 Å². The summed E-state index contributed by atoms with van der Waals surface area (Å²) in [4.78, 5) is 14.2. The van der Waals surface area contributed by atoms with Crippen LogP contribution in [0.1, 0.15) is 43.9 Å². The number of hydrogen-bond donors (Lipinski definition) is 1. The second-order valence-corrected chi connectivity index (χ2v) is 11.0. The molecular weight excluding hydrogens is 485 g/mol. The Balaban J connectivity index is 1.54. The fourth-order valence-corrected chi connectivity index (χ4v) is 5.70. The third kappa shape index (κ3) is 6.05. The Bertz CT molecular complexity index is 1210. The number of benzene rings is 2. The first kappa shape index (κ1) is 24.4. The number of anilines is 1. The monoisotopic (exact) mass is 510 g/mol. The van der Waals surface area contributed by atoms with Crippen molar-refractivity contribution >= 4 is 45.9 Å². The Morgan fingerprint density at radius 3 is 2.35 bits per heavy atom. The van der Waals surface area contributed by atoms with E-state index in [1.54, 1.807) is 11.8 Å². The molecule has 2 heterocycles. The minimum Gasteiger partial charge on any atom is -0.300 e. The number of nitrogens with zero attached hydrogens (tertiary/aromatic N) is 5. The van der Waals surface area contributed by atoms with Gasteiger partial charge in [0, 0.05) is 16.5 Å². The van der Waals surface area contributed by atoms with Gasteiger partial charge in [0.15, 0.2) is 5.16 Å². The summed E-state index contributed by atoms with van der Waals surface area (Å²) in [5.41, 5.74) is 0.972. The molecule has 0 aliphatic carbocycles. The summed E-state index contributed by atoms with van der Waals surface area (Å²) in [6.07, 6.45) is 0.641. The van der Waals surface area contributed by atoms with Gasteiger partial charge in [0.2, 0.25) is 11.0 Å². The second kappa shape index (κ2) is 11.6. The molecule has 0 bridgehead atoms. The van der Waals surface area contributed by atoms with Crippen molar-refractivity contribution in [3.63, 3.8) is 0 Å².